The normalized spacial score (nSPS) is 10.3. The Labute approximate surface area is 98.4 Å². The number of halogens is 1. The van der Waals surface area contributed by atoms with Gasteiger partial charge < -0.3 is 14.7 Å². The maximum absolute atomic E-state index is 10.7. The second-order valence-corrected chi connectivity index (χ2v) is 3.79. The monoisotopic (exact) mass is 283 g/mol. The van der Waals surface area contributed by atoms with Crippen LogP contribution in [0.15, 0.2) is 33.3 Å². The van der Waals surface area contributed by atoms with Gasteiger partial charge in [-0.05, 0) is 28.1 Å². The van der Waals surface area contributed by atoms with Crippen molar-refractivity contribution in [1.82, 2.24) is 5.16 Å². The van der Waals surface area contributed by atoms with E-state index in [4.69, 9.17) is 9.63 Å². The first-order valence-corrected chi connectivity index (χ1v) is 5.07. The van der Waals surface area contributed by atoms with E-state index in [2.05, 4.69) is 21.1 Å². The van der Waals surface area contributed by atoms with E-state index < -0.39 is 5.97 Å². The van der Waals surface area contributed by atoms with Crippen LogP contribution in [0.3, 0.4) is 0 Å². The van der Waals surface area contributed by atoms with Crippen LogP contribution in [-0.2, 0) is 0 Å². The molecule has 2 rings (SSSR count). The van der Waals surface area contributed by atoms with Crippen molar-refractivity contribution in [2.75, 3.05) is 0 Å². The summed E-state index contributed by atoms with van der Waals surface area (Å²) in [6.45, 7) is 0. The molecule has 0 aliphatic carbocycles. The number of rotatable bonds is 2. The molecule has 0 saturated heterocycles. The molecule has 6 heteroatoms. The number of phenolic OH excluding ortho intramolecular Hbond substituents is 1. The fourth-order valence-corrected chi connectivity index (χ4v) is 1.77. The second kappa shape index (κ2) is 3.97. The molecule has 0 atom stereocenters. The summed E-state index contributed by atoms with van der Waals surface area (Å²) in [7, 11) is 0. The van der Waals surface area contributed by atoms with Crippen molar-refractivity contribution in [3.05, 3.63) is 34.4 Å². The molecule has 2 N–H and O–H groups in total. The molecule has 0 unspecified atom stereocenters. The van der Waals surface area contributed by atoms with Gasteiger partial charge in [0.25, 0.3) is 0 Å². The molecule has 0 aliphatic rings. The summed E-state index contributed by atoms with van der Waals surface area (Å²) in [5.41, 5.74) is 0.160. The summed E-state index contributed by atoms with van der Waals surface area (Å²) in [4.78, 5) is 10.7. The molecule has 82 valence electrons. The number of hydrogen-bond acceptors (Lipinski definition) is 4. The van der Waals surface area contributed by atoms with Crippen molar-refractivity contribution < 1.29 is 19.5 Å². The first kappa shape index (κ1) is 10.7. The third-order valence-electron chi connectivity index (χ3n) is 1.99. The summed E-state index contributed by atoms with van der Waals surface area (Å²) in [6, 6.07) is 6.43. The molecule has 0 radical (unpaired) electrons. The van der Waals surface area contributed by atoms with Crippen LogP contribution in [0.5, 0.6) is 5.75 Å². The highest BCUT2D eigenvalue weighted by Gasteiger charge is 2.21. The number of hydrogen-bond donors (Lipinski definition) is 2. The summed E-state index contributed by atoms with van der Waals surface area (Å²) >= 11 is 3.07. The Morgan fingerprint density at radius 2 is 2.06 bits per heavy atom. The van der Waals surface area contributed by atoms with Gasteiger partial charge in [-0.15, -0.1) is 0 Å². The van der Waals surface area contributed by atoms with E-state index in [9.17, 15) is 9.90 Å². The standard InChI is InChI=1S/C10H6BrNO4/c11-7-8(10(14)15)12-16-9(7)5-3-1-2-4-6(5)13/h1-4,13H,(H,14,15). The van der Waals surface area contributed by atoms with Crippen LogP contribution in [0.1, 0.15) is 10.5 Å². The zero-order chi connectivity index (χ0) is 11.7. The smallest absolute Gasteiger partial charge is 0.359 e. The van der Waals surface area contributed by atoms with Crippen LogP contribution in [-0.4, -0.2) is 21.3 Å². The molecule has 16 heavy (non-hydrogen) atoms. The van der Waals surface area contributed by atoms with E-state index in [1.165, 1.54) is 6.07 Å². The minimum absolute atomic E-state index is 0.00344. The minimum Gasteiger partial charge on any atom is -0.507 e. The lowest BCUT2D eigenvalue weighted by Gasteiger charge is -1.99. The fraction of sp³-hybridized carbons (Fsp3) is 0. The molecule has 1 aromatic heterocycles. The Balaban J connectivity index is 2.58. The molecule has 0 saturated carbocycles. The Kier molecular flexibility index (Phi) is 2.66. The lowest BCUT2D eigenvalue weighted by Crippen LogP contribution is -1.96. The van der Waals surface area contributed by atoms with Crippen LogP contribution >= 0.6 is 15.9 Å². The first-order valence-electron chi connectivity index (χ1n) is 4.28. The van der Waals surface area contributed by atoms with Crippen LogP contribution in [0, 0.1) is 0 Å². The average molecular weight is 284 g/mol. The van der Waals surface area contributed by atoms with Gasteiger partial charge in [0.15, 0.2) is 5.76 Å². The van der Waals surface area contributed by atoms with Gasteiger partial charge in [0, 0.05) is 0 Å². The molecule has 0 amide bonds. The number of carboxylic acids is 1. The highest BCUT2D eigenvalue weighted by atomic mass is 79.9. The second-order valence-electron chi connectivity index (χ2n) is 3.00. The van der Waals surface area contributed by atoms with Crippen molar-refractivity contribution in [3.63, 3.8) is 0 Å². The maximum atomic E-state index is 10.7. The summed E-state index contributed by atoms with van der Waals surface area (Å²) in [5.74, 6) is -1.01. The predicted molar refractivity (Wildman–Crippen MR) is 58.3 cm³/mol. The molecular formula is C10H6BrNO4. The Morgan fingerprint density at radius 1 is 1.38 bits per heavy atom. The minimum atomic E-state index is -1.20. The van der Waals surface area contributed by atoms with Crippen LogP contribution < -0.4 is 0 Å². The number of aromatic carboxylic acids is 1. The Hall–Kier alpha value is -1.82. The van der Waals surface area contributed by atoms with E-state index in [0.717, 1.165) is 0 Å². The summed E-state index contributed by atoms with van der Waals surface area (Å²) in [6.07, 6.45) is 0. The molecule has 0 fully saturated rings. The zero-order valence-electron chi connectivity index (χ0n) is 7.85. The largest absolute Gasteiger partial charge is 0.507 e. The van der Waals surface area contributed by atoms with Gasteiger partial charge in [-0.1, -0.05) is 17.3 Å². The van der Waals surface area contributed by atoms with Crippen LogP contribution in [0.4, 0.5) is 0 Å². The third-order valence-corrected chi connectivity index (χ3v) is 2.72. The summed E-state index contributed by atoms with van der Waals surface area (Å²) in [5, 5.41) is 21.8. The zero-order valence-corrected chi connectivity index (χ0v) is 9.43. The number of aromatic hydroxyl groups is 1. The number of aromatic nitrogens is 1. The van der Waals surface area contributed by atoms with Gasteiger partial charge in [-0.2, -0.15) is 0 Å². The highest BCUT2D eigenvalue weighted by Crippen LogP contribution is 2.35. The average Bonchev–Trinajstić information content (AvgIpc) is 2.61. The van der Waals surface area contributed by atoms with Crippen LogP contribution in [0.2, 0.25) is 0 Å². The Morgan fingerprint density at radius 3 is 2.62 bits per heavy atom. The van der Waals surface area contributed by atoms with E-state index >= 15 is 0 Å². The number of phenols is 1. The molecule has 5 nitrogen and oxygen atoms in total. The van der Waals surface area contributed by atoms with Crippen molar-refractivity contribution in [1.29, 1.82) is 0 Å². The van der Waals surface area contributed by atoms with E-state index in [1.807, 2.05) is 0 Å². The van der Waals surface area contributed by atoms with E-state index in [0.29, 0.717) is 5.56 Å². The SMILES string of the molecule is O=C(O)c1noc(-c2ccccc2O)c1Br. The lowest BCUT2D eigenvalue weighted by atomic mass is 10.1. The van der Waals surface area contributed by atoms with Gasteiger partial charge in [0.05, 0.1) is 5.56 Å². The molecule has 0 aliphatic heterocycles. The lowest BCUT2D eigenvalue weighted by molar-refractivity contribution is 0.0685. The first-order chi connectivity index (χ1) is 7.61. The fourth-order valence-electron chi connectivity index (χ4n) is 1.24. The van der Waals surface area contributed by atoms with Crippen molar-refractivity contribution in [3.8, 4) is 17.1 Å². The Bertz CT molecular complexity index is 550. The number of para-hydroxylation sites is 1. The van der Waals surface area contributed by atoms with Crippen LogP contribution in [0.25, 0.3) is 11.3 Å². The van der Waals surface area contributed by atoms with Gasteiger partial charge in [-0.25, -0.2) is 4.79 Å². The van der Waals surface area contributed by atoms with E-state index in [-0.39, 0.29) is 21.7 Å². The molecule has 2 aromatic rings. The van der Waals surface area contributed by atoms with Gasteiger partial charge in [0.2, 0.25) is 5.69 Å². The molecule has 0 spiro atoms. The van der Waals surface area contributed by atoms with E-state index in [1.54, 1.807) is 18.2 Å². The maximum Gasteiger partial charge on any atom is 0.359 e. The highest BCUT2D eigenvalue weighted by molar-refractivity contribution is 9.10. The molecule has 0 bridgehead atoms. The number of carboxylic acid groups (broad SMARTS) is 1. The predicted octanol–water partition coefficient (Wildman–Crippen LogP) is 2.51. The number of carbonyl (C=O) groups is 1. The van der Waals surface area contributed by atoms with Crippen molar-refractivity contribution >= 4 is 21.9 Å². The van der Waals surface area contributed by atoms with Gasteiger partial charge >= 0.3 is 5.97 Å². The van der Waals surface area contributed by atoms with Crippen molar-refractivity contribution in [2.24, 2.45) is 0 Å². The number of benzene rings is 1. The number of nitrogens with zero attached hydrogens (tertiary/aromatic N) is 1. The molecular weight excluding hydrogens is 278 g/mol. The topological polar surface area (TPSA) is 83.6 Å². The van der Waals surface area contributed by atoms with Crippen molar-refractivity contribution in [2.45, 2.75) is 0 Å². The third kappa shape index (κ3) is 1.67. The molecule has 1 heterocycles. The molecule has 1 aromatic carbocycles. The van der Waals surface area contributed by atoms with Gasteiger partial charge in [0.1, 0.15) is 10.2 Å². The van der Waals surface area contributed by atoms with Gasteiger partial charge in [-0.3, -0.25) is 0 Å². The summed E-state index contributed by atoms with van der Waals surface area (Å²) < 4.78 is 5.10. The quantitative estimate of drug-likeness (QED) is 0.885.